The highest BCUT2D eigenvalue weighted by Crippen LogP contribution is 2.28. The molecule has 1 saturated heterocycles. The number of halogens is 1. The number of amides is 1. The van der Waals surface area contributed by atoms with Crippen LogP contribution in [0, 0.1) is 0 Å². The first-order valence-electron chi connectivity index (χ1n) is 9.72. The Morgan fingerprint density at radius 3 is 2.83 bits per heavy atom. The standard InChI is InChI=1S/C21H24ClN5O2/c1-25(19(29)7-9-22)16-11-18-20(23-12-16)24-21(26-10-8-17(28)14-26)27(18)13-15-5-3-2-4-6-15/h2-6,11-12,17,28H,7-10,13-14H2,1H3. The fraction of sp³-hybridized carbons (Fsp3) is 0.381. The van der Waals surface area contributed by atoms with Gasteiger partial charge in [-0.25, -0.2) is 4.98 Å². The number of carbonyl (C=O) groups excluding carboxylic acids is 1. The number of aliphatic hydroxyl groups excluding tert-OH is 1. The monoisotopic (exact) mass is 413 g/mol. The minimum Gasteiger partial charge on any atom is -0.391 e. The quantitative estimate of drug-likeness (QED) is 0.629. The molecule has 0 saturated carbocycles. The number of fused-ring (bicyclic) bond motifs is 1. The molecule has 0 aliphatic carbocycles. The predicted molar refractivity (Wildman–Crippen MR) is 115 cm³/mol. The van der Waals surface area contributed by atoms with E-state index in [9.17, 15) is 9.90 Å². The second kappa shape index (κ2) is 8.39. The lowest BCUT2D eigenvalue weighted by Crippen LogP contribution is -2.26. The maximum atomic E-state index is 12.3. The number of carbonyl (C=O) groups is 1. The van der Waals surface area contributed by atoms with Gasteiger partial charge in [0.2, 0.25) is 11.9 Å². The van der Waals surface area contributed by atoms with Crippen molar-refractivity contribution < 1.29 is 9.90 Å². The molecule has 0 bridgehead atoms. The molecular weight excluding hydrogens is 390 g/mol. The molecule has 3 aromatic rings. The van der Waals surface area contributed by atoms with Crippen molar-refractivity contribution in [3.8, 4) is 0 Å². The average Bonchev–Trinajstić information content (AvgIpc) is 3.31. The van der Waals surface area contributed by atoms with E-state index < -0.39 is 0 Å². The number of β-amino-alcohol motifs (C(OH)–C–C–N with tert-alkyl or cyclic N) is 1. The smallest absolute Gasteiger partial charge is 0.227 e. The van der Waals surface area contributed by atoms with Crippen molar-refractivity contribution in [2.24, 2.45) is 0 Å². The van der Waals surface area contributed by atoms with Gasteiger partial charge in [-0.2, -0.15) is 4.98 Å². The predicted octanol–water partition coefficient (Wildman–Crippen LogP) is 2.64. The first-order valence-corrected chi connectivity index (χ1v) is 10.3. The first kappa shape index (κ1) is 19.7. The fourth-order valence-corrected chi connectivity index (χ4v) is 3.81. The van der Waals surface area contributed by atoms with Gasteiger partial charge in [-0.1, -0.05) is 30.3 Å². The van der Waals surface area contributed by atoms with Crippen LogP contribution in [0.5, 0.6) is 0 Å². The topological polar surface area (TPSA) is 74.5 Å². The van der Waals surface area contributed by atoms with Gasteiger partial charge in [-0.05, 0) is 18.1 Å². The number of nitrogens with zero attached hydrogens (tertiary/aromatic N) is 5. The zero-order valence-electron chi connectivity index (χ0n) is 16.3. The van der Waals surface area contributed by atoms with E-state index in [0.29, 0.717) is 24.4 Å². The highest BCUT2D eigenvalue weighted by Gasteiger charge is 2.26. The number of aliphatic hydroxyl groups is 1. The number of aromatic nitrogens is 3. The van der Waals surface area contributed by atoms with Crippen LogP contribution in [0.3, 0.4) is 0 Å². The molecule has 4 rings (SSSR count). The minimum absolute atomic E-state index is 0.0573. The molecule has 29 heavy (non-hydrogen) atoms. The van der Waals surface area contributed by atoms with E-state index in [4.69, 9.17) is 16.6 Å². The summed E-state index contributed by atoms with van der Waals surface area (Å²) >= 11 is 5.72. The van der Waals surface area contributed by atoms with Crippen LogP contribution in [0.1, 0.15) is 18.4 Å². The Labute approximate surface area is 174 Å². The van der Waals surface area contributed by atoms with Crippen molar-refractivity contribution in [2.75, 3.05) is 35.8 Å². The van der Waals surface area contributed by atoms with E-state index in [-0.39, 0.29) is 24.3 Å². The Morgan fingerprint density at radius 2 is 2.14 bits per heavy atom. The lowest BCUT2D eigenvalue weighted by atomic mass is 10.2. The van der Waals surface area contributed by atoms with Gasteiger partial charge in [-0.3, -0.25) is 4.79 Å². The molecule has 1 atom stereocenters. The summed E-state index contributed by atoms with van der Waals surface area (Å²) in [4.78, 5) is 25.2. The van der Waals surface area contributed by atoms with E-state index >= 15 is 0 Å². The Balaban J connectivity index is 1.77. The summed E-state index contributed by atoms with van der Waals surface area (Å²) in [7, 11) is 1.73. The number of anilines is 2. The van der Waals surface area contributed by atoms with E-state index in [1.807, 2.05) is 24.3 Å². The molecular formula is C21H24ClN5O2. The van der Waals surface area contributed by atoms with Crippen molar-refractivity contribution >= 4 is 40.3 Å². The van der Waals surface area contributed by atoms with Gasteiger partial charge < -0.3 is 19.5 Å². The summed E-state index contributed by atoms with van der Waals surface area (Å²) in [6, 6.07) is 12.1. The van der Waals surface area contributed by atoms with Gasteiger partial charge in [-0.15, -0.1) is 11.6 Å². The molecule has 1 aliphatic rings. The van der Waals surface area contributed by atoms with Gasteiger partial charge in [0.25, 0.3) is 0 Å². The Morgan fingerprint density at radius 1 is 1.34 bits per heavy atom. The van der Waals surface area contributed by atoms with Gasteiger partial charge in [0, 0.05) is 32.4 Å². The number of pyridine rings is 1. The number of imidazole rings is 1. The molecule has 2 aromatic heterocycles. The number of rotatable bonds is 6. The number of hydrogen-bond acceptors (Lipinski definition) is 5. The lowest BCUT2D eigenvalue weighted by Gasteiger charge is -2.19. The summed E-state index contributed by atoms with van der Waals surface area (Å²) < 4.78 is 2.11. The van der Waals surface area contributed by atoms with Gasteiger partial charge in [0.05, 0.1) is 30.0 Å². The maximum Gasteiger partial charge on any atom is 0.227 e. The average molecular weight is 414 g/mol. The number of benzene rings is 1. The summed E-state index contributed by atoms with van der Waals surface area (Å²) in [5.74, 6) is 1.02. The van der Waals surface area contributed by atoms with E-state index in [1.54, 1.807) is 18.1 Å². The Hall–Kier alpha value is -2.64. The van der Waals surface area contributed by atoms with Crippen LogP contribution in [0.2, 0.25) is 0 Å². The molecule has 1 N–H and O–H groups in total. The summed E-state index contributed by atoms with van der Waals surface area (Å²) in [6.07, 6.45) is 2.32. The zero-order chi connectivity index (χ0) is 20.4. The van der Waals surface area contributed by atoms with Crippen molar-refractivity contribution in [3.05, 3.63) is 48.2 Å². The van der Waals surface area contributed by atoms with Crippen molar-refractivity contribution in [1.29, 1.82) is 0 Å². The molecule has 1 fully saturated rings. The van der Waals surface area contributed by atoms with Gasteiger partial charge in [0.1, 0.15) is 0 Å². The Bertz CT molecular complexity index is 1010. The van der Waals surface area contributed by atoms with Crippen molar-refractivity contribution in [3.63, 3.8) is 0 Å². The highest BCUT2D eigenvalue weighted by molar-refractivity contribution is 6.19. The molecule has 1 aromatic carbocycles. The molecule has 1 aliphatic heterocycles. The van der Waals surface area contributed by atoms with Crippen LogP contribution in [0.4, 0.5) is 11.6 Å². The third kappa shape index (κ3) is 4.06. The summed E-state index contributed by atoms with van der Waals surface area (Å²) in [5, 5.41) is 10.00. The van der Waals surface area contributed by atoms with E-state index in [2.05, 4.69) is 26.6 Å². The molecule has 1 amide bonds. The third-order valence-corrected chi connectivity index (χ3v) is 5.46. The zero-order valence-corrected chi connectivity index (χ0v) is 17.1. The molecule has 0 spiro atoms. The Kier molecular flexibility index (Phi) is 5.69. The highest BCUT2D eigenvalue weighted by atomic mass is 35.5. The third-order valence-electron chi connectivity index (χ3n) is 5.27. The molecule has 8 heteroatoms. The molecule has 0 radical (unpaired) electrons. The van der Waals surface area contributed by atoms with Gasteiger partial charge in [0.15, 0.2) is 5.65 Å². The first-order chi connectivity index (χ1) is 14.1. The van der Waals surface area contributed by atoms with Crippen LogP contribution in [0.15, 0.2) is 42.6 Å². The lowest BCUT2D eigenvalue weighted by molar-refractivity contribution is -0.117. The second-order valence-corrected chi connectivity index (χ2v) is 7.68. The molecule has 3 heterocycles. The second-order valence-electron chi connectivity index (χ2n) is 7.30. The van der Waals surface area contributed by atoms with E-state index in [0.717, 1.165) is 30.0 Å². The molecule has 152 valence electrons. The van der Waals surface area contributed by atoms with Crippen LogP contribution >= 0.6 is 11.6 Å². The summed E-state index contributed by atoms with van der Waals surface area (Å²) in [6.45, 7) is 1.93. The van der Waals surface area contributed by atoms with Crippen LogP contribution in [-0.2, 0) is 11.3 Å². The normalized spacial score (nSPS) is 16.5. The maximum absolute atomic E-state index is 12.3. The number of hydrogen-bond donors (Lipinski definition) is 1. The summed E-state index contributed by atoms with van der Waals surface area (Å²) in [5.41, 5.74) is 3.33. The SMILES string of the molecule is CN(C(=O)CCCl)c1cnc2nc(N3CCC(O)C3)n(Cc3ccccc3)c2c1. The van der Waals surface area contributed by atoms with E-state index in [1.165, 1.54) is 0 Å². The van der Waals surface area contributed by atoms with Crippen molar-refractivity contribution in [1.82, 2.24) is 14.5 Å². The van der Waals surface area contributed by atoms with Crippen LogP contribution in [0.25, 0.3) is 11.2 Å². The van der Waals surface area contributed by atoms with Crippen molar-refractivity contribution in [2.45, 2.75) is 25.5 Å². The van der Waals surface area contributed by atoms with Gasteiger partial charge >= 0.3 is 0 Å². The largest absolute Gasteiger partial charge is 0.391 e. The minimum atomic E-state index is -0.345. The van der Waals surface area contributed by atoms with Crippen LogP contribution < -0.4 is 9.80 Å². The fourth-order valence-electron chi connectivity index (χ4n) is 3.65. The molecule has 7 nitrogen and oxygen atoms in total. The molecule has 1 unspecified atom stereocenters. The number of alkyl halides is 1. The van der Waals surface area contributed by atoms with Crippen LogP contribution in [-0.4, -0.2) is 57.7 Å².